The van der Waals surface area contributed by atoms with Crippen LogP contribution in [0.3, 0.4) is 0 Å². The number of phenolic OH excluding ortho intramolecular Hbond substituents is 2. The molecule has 2 N–H and O–H groups in total. The summed E-state index contributed by atoms with van der Waals surface area (Å²) in [5.41, 5.74) is 2.50. The van der Waals surface area contributed by atoms with Gasteiger partial charge in [0.2, 0.25) is 0 Å². The van der Waals surface area contributed by atoms with Crippen LogP contribution in [0.1, 0.15) is 16.7 Å². The molecule has 0 aliphatic carbocycles. The van der Waals surface area contributed by atoms with E-state index in [2.05, 4.69) is 11.8 Å². The number of aryl methyl sites for hydroxylation is 1. The van der Waals surface area contributed by atoms with E-state index in [1.54, 1.807) is 36.4 Å². The van der Waals surface area contributed by atoms with Gasteiger partial charge in [0.1, 0.15) is 11.5 Å². The highest BCUT2D eigenvalue weighted by Crippen LogP contribution is 2.16. The molecule has 0 aliphatic rings. The smallest absolute Gasteiger partial charge is 0.118 e. The molecule has 0 radical (unpaired) electrons. The molecular formula is C15H12O2. The predicted octanol–water partition coefficient (Wildman–Crippen LogP) is 2.81. The molecule has 17 heavy (non-hydrogen) atoms. The van der Waals surface area contributed by atoms with Crippen LogP contribution < -0.4 is 0 Å². The van der Waals surface area contributed by atoms with Gasteiger partial charge in [-0.1, -0.05) is 11.8 Å². The zero-order valence-corrected chi connectivity index (χ0v) is 9.44. The van der Waals surface area contributed by atoms with E-state index in [1.807, 2.05) is 13.0 Å². The van der Waals surface area contributed by atoms with Gasteiger partial charge in [-0.05, 0) is 55.0 Å². The Morgan fingerprint density at radius 1 is 0.824 bits per heavy atom. The van der Waals surface area contributed by atoms with E-state index in [0.29, 0.717) is 0 Å². The summed E-state index contributed by atoms with van der Waals surface area (Å²) in [5, 5.41) is 18.5. The van der Waals surface area contributed by atoms with Crippen LogP contribution in [-0.4, -0.2) is 10.2 Å². The van der Waals surface area contributed by atoms with Crippen molar-refractivity contribution in [1.82, 2.24) is 0 Å². The third-order valence-corrected chi connectivity index (χ3v) is 2.42. The maximum absolute atomic E-state index is 9.38. The van der Waals surface area contributed by atoms with E-state index < -0.39 is 0 Å². The first kappa shape index (κ1) is 11.1. The van der Waals surface area contributed by atoms with Gasteiger partial charge < -0.3 is 10.2 Å². The lowest BCUT2D eigenvalue weighted by molar-refractivity contribution is 0.471. The van der Waals surface area contributed by atoms with Crippen molar-refractivity contribution >= 4 is 0 Å². The van der Waals surface area contributed by atoms with Gasteiger partial charge in [-0.15, -0.1) is 0 Å². The van der Waals surface area contributed by atoms with E-state index in [9.17, 15) is 5.11 Å². The van der Waals surface area contributed by atoms with Gasteiger partial charge in [0.05, 0.1) is 0 Å². The van der Waals surface area contributed by atoms with Gasteiger partial charge in [0.25, 0.3) is 0 Å². The Kier molecular flexibility index (Phi) is 3.02. The average molecular weight is 224 g/mol. The SMILES string of the molecule is Cc1cc(C#Cc2ccc(O)cc2)ccc1O. The summed E-state index contributed by atoms with van der Waals surface area (Å²) in [7, 11) is 0. The first-order valence-electron chi connectivity index (χ1n) is 5.26. The van der Waals surface area contributed by atoms with Crippen LogP contribution in [0.15, 0.2) is 42.5 Å². The molecule has 0 saturated heterocycles. The lowest BCUT2D eigenvalue weighted by Gasteiger charge is -1.97. The Morgan fingerprint density at radius 2 is 1.41 bits per heavy atom. The molecule has 0 amide bonds. The second-order valence-corrected chi connectivity index (χ2v) is 3.80. The van der Waals surface area contributed by atoms with Crippen molar-refractivity contribution in [2.75, 3.05) is 0 Å². The molecule has 0 aliphatic heterocycles. The van der Waals surface area contributed by atoms with Crippen LogP contribution in [0.25, 0.3) is 0 Å². The molecule has 84 valence electrons. The maximum Gasteiger partial charge on any atom is 0.118 e. The number of benzene rings is 2. The normalized spacial score (nSPS) is 9.47. The molecule has 0 fully saturated rings. The van der Waals surface area contributed by atoms with Gasteiger partial charge in [-0.3, -0.25) is 0 Å². The highest BCUT2D eigenvalue weighted by Gasteiger charge is 1.95. The van der Waals surface area contributed by atoms with Gasteiger partial charge in [-0.25, -0.2) is 0 Å². The number of hydrogen-bond donors (Lipinski definition) is 2. The summed E-state index contributed by atoms with van der Waals surface area (Å²) in [6.45, 7) is 1.83. The first-order valence-corrected chi connectivity index (χ1v) is 5.26. The standard InChI is InChI=1S/C15H12O2/c1-11-10-13(6-9-15(11)17)3-2-12-4-7-14(16)8-5-12/h4-10,16-17H,1H3. The number of aromatic hydroxyl groups is 2. The monoisotopic (exact) mass is 224 g/mol. The Balaban J connectivity index is 2.26. The second-order valence-electron chi connectivity index (χ2n) is 3.80. The lowest BCUT2D eigenvalue weighted by Crippen LogP contribution is -1.79. The molecule has 0 aromatic heterocycles. The Bertz CT molecular complexity index is 587. The van der Waals surface area contributed by atoms with Crippen LogP contribution in [0.4, 0.5) is 0 Å². The summed E-state index contributed by atoms with van der Waals surface area (Å²) in [4.78, 5) is 0. The van der Waals surface area contributed by atoms with E-state index in [1.165, 1.54) is 0 Å². The van der Waals surface area contributed by atoms with Gasteiger partial charge >= 0.3 is 0 Å². The molecule has 0 unspecified atom stereocenters. The molecule has 2 heteroatoms. The molecule has 0 saturated carbocycles. The van der Waals surface area contributed by atoms with Crippen LogP contribution in [0.2, 0.25) is 0 Å². The van der Waals surface area contributed by atoms with Crippen molar-refractivity contribution in [2.45, 2.75) is 6.92 Å². The molecule has 2 nitrogen and oxygen atoms in total. The summed E-state index contributed by atoms with van der Waals surface area (Å²) >= 11 is 0. The first-order chi connectivity index (χ1) is 8.15. The summed E-state index contributed by atoms with van der Waals surface area (Å²) < 4.78 is 0. The van der Waals surface area contributed by atoms with E-state index >= 15 is 0 Å². The second kappa shape index (κ2) is 4.63. The van der Waals surface area contributed by atoms with E-state index in [0.717, 1.165) is 16.7 Å². The molecule has 0 heterocycles. The van der Waals surface area contributed by atoms with Gasteiger partial charge in [0.15, 0.2) is 0 Å². The minimum absolute atomic E-state index is 0.232. The summed E-state index contributed by atoms with van der Waals surface area (Å²) in [6.07, 6.45) is 0. The fourth-order valence-electron chi connectivity index (χ4n) is 1.42. The summed E-state index contributed by atoms with van der Waals surface area (Å²) in [6, 6.07) is 12.0. The van der Waals surface area contributed by atoms with Crippen molar-refractivity contribution in [3.8, 4) is 23.3 Å². The summed E-state index contributed by atoms with van der Waals surface area (Å²) in [5.74, 6) is 6.51. The quantitative estimate of drug-likeness (QED) is 0.675. The van der Waals surface area contributed by atoms with Crippen molar-refractivity contribution in [2.24, 2.45) is 0 Å². The van der Waals surface area contributed by atoms with E-state index in [-0.39, 0.29) is 11.5 Å². The molecule has 0 bridgehead atoms. The number of phenols is 2. The molecular weight excluding hydrogens is 212 g/mol. The highest BCUT2D eigenvalue weighted by molar-refractivity contribution is 5.47. The molecule has 2 aromatic rings. The Hall–Kier alpha value is -2.40. The Labute approximate surface area is 100 Å². The minimum atomic E-state index is 0.232. The van der Waals surface area contributed by atoms with Crippen LogP contribution >= 0.6 is 0 Å². The molecule has 2 aromatic carbocycles. The van der Waals surface area contributed by atoms with Crippen molar-refractivity contribution in [3.05, 3.63) is 59.2 Å². The number of hydrogen-bond acceptors (Lipinski definition) is 2. The van der Waals surface area contributed by atoms with Crippen LogP contribution in [0, 0.1) is 18.8 Å². The maximum atomic E-state index is 9.38. The zero-order chi connectivity index (χ0) is 12.3. The molecule has 0 atom stereocenters. The average Bonchev–Trinajstić information content (AvgIpc) is 2.33. The third-order valence-electron chi connectivity index (χ3n) is 2.42. The van der Waals surface area contributed by atoms with Gasteiger partial charge in [0, 0.05) is 11.1 Å². The van der Waals surface area contributed by atoms with Gasteiger partial charge in [-0.2, -0.15) is 0 Å². The highest BCUT2D eigenvalue weighted by atomic mass is 16.3. The number of rotatable bonds is 0. The fourth-order valence-corrected chi connectivity index (χ4v) is 1.42. The molecule has 0 spiro atoms. The largest absolute Gasteiger partial charge is 0.508 e. The van der Waals surface area contributed by atoms with Crippen LogP contribution in [0.5, 0.6) is 11.5 Å². The molecule has 2 rings (SSSR count). The van der Waals surface area contributed by atoms with Crippen molar-refractivity contribution < 1.29 is 10.2 Å². The predicted molar refractivity (Wildman–Crippen MR) is 66.9 cm³/mol. The van der Waals surface area contributed by atoms with E-state index in [4.69, 9.17) is 5.11 Å². The topological polar surface area (TPSA) is 40.5 Å². The van der Waals surface area contributed by atoms with Crippen LogP contribution in [-0.2, 0) is 0 Å². The fraction of sp³-hybridized carbons (Fsp3) is 0.0667. The minimum Gasteiger partial charge on any atom is -0.508 e. The van der Waals surface area contributed by atoms with Crippen molar-refractivity contribution in [3.63, 3.8) is 0 Å². The third kappa shape index (κ3) is 2.79. The van der Waals surface area contributed by atoms with Crippen molar-refractivity contribution in [1.29, 1.82) is 0 Å². The Morgan fingerprint density at radius 3 is 2.06 bits per heavy atom. The zero-order valence-electron chi connectivity index (χ0n) is 9.44. The lowest BCUT2D eigenvalue weighted by atomic mass is 10.1.